The Hall–Kier alpha value is -1.59. The number of likely N-dealkylation sites (N-methyl/N-ethyl adjacent to an activating group) is 1. The molecule has 1 aromatic rings. The quantitative estimate of drug-likeness (QED) is 0.802. The molecule has 0 saturated carbocycles. The van der Waals surface area contributed by atoms with E-state index in [4.69, 9.17) is 4.84 Å². The second-order valence-electron chi connectivity index (χ2n) is 4.67. The fraction of sp³-hybridized carbons (Fsp3) is 0.462. The third kappa shape index (κ3) is 2.47. The van der Waals surface area contributed by atoms with Crippen molar-refractivity contribution in [2.45, 2.75) is 12.5 Å². The van der Waals surface area contributed by atoms with E-state index in [2.05, 4.69) is 16.4 Å². The lowest BCUT2D eigenvalue weighted by Crippen LogP contribution is -2.51. The van der Waals surface area contributed by atoms with E-state index >= 15 is 0 Å². The minimum atomic E-state index is -0.225. The van der Waals surface area contributed by atoms with Crippen LogP contribution < -0.4 is 10.4 Å². The van der Waals surface area contributed by atoms with Crippen molar-refractivity contribution >= 4 is 11.7 Å². The number of hydroxylamine groups is 1. The number of nitrogens with one attached hydrogen (secondary N) is 1. The number of hydrogen-bond donors (Lipinski definition) is 1. The first-order valence-corrected chi connectivity index (χ1v) is 5.98. The molecule has 18 heavy (non-hydrogen) atoms. The summed E-state index contributed by atoms with van der Waals surface area (Å²) in [5, 5.41) is 0. The maximum Gasteiger partial charge on any atom is 0.345 e. The Kier molecular flexibility index (Phi) is 3.84. The van der Waals surface area contributed by atoms with Crippen LogP contribution in [0.5, 0.6) is 0 Å². The summed E-state index contributed by atoms with van der Waals surface area (Å²) in [6, 6.07) is 8.08. The average molecular weight is 249 g/mol. The van der Waals surface area contributed by atoms with E-state index in [9.17, 15) is 4.79 Å². The molecule has 0 spiro atoms. The summed E-state index contributed by atoms with van der Waals surface area (Å²) in [4.78, 5) is 20.6. The van der Waals surface area contributed by atoms with Gasteiger partial charge in [0.05, 0.1) is 7.11 Å². The molecular weight excluding hydrogens is 230 g/mol. The number of hydrogen-bond acceptors (Lipinski definition) is 3. The Morgan fingerprint density at radius 1 is 1.44 bits per heavy atom. The van der Waals surface area contributed by atoms with Gasteiger partial charge in [-0.15, -0.1) is 0 Å². The van der Waals surface area contributed by atoms with Gasteiger partial charge in [-0.1, -0.05) is 18.2 Å². The molecule has 0 radical (unpaired) electrons. The van der Waals surface area contributed by atoms with Crippen molar-refractivity contribution in [1.82, 2.24) is 10.4 Å². The van der Waals surface area contributed by atoms with E-state index in [0.717, 1.165) is 12.1 Å². The van der Waals surface area contributed by atoms with Gasteiger partial charge in [0.25, 0.3) is 0 Å². The minimum absolute atomic E-state index is 0.225. The number of rotatable bonds is 2. The Balaban J connectivity index is 2.30. The fourth-order valence-corrected chi connectivity index (χ4v) is 2.25. The third-order valence-electron chi connectivity index (χ3n) is 3.30. The molecule has 5 nitrogen and oxygen atoms in total. The summed E-state index contributed by atoms with van der Waals surface area (Å²) in [5.41, 5.74) is 4.54. The maximum atomic E-state index is 12.0. The number of carbonyl (C=O) groups is 1. The summed E-state index contributed by atoms with van der Waals surface area (Å²) in [7, 11) is 5.51. The summed E-state index contributed by atoms with van der Waals surface area (Å²) < 4.78 is 0. The monoisotopic (exact) mass is 249 g/mol. The number of benzene rings is 1. The van der Waals surface area contributed by atoms with E-state index < -0.39 is 0 Å². The van der Waals surface area contributed by atoms with Crippen LogP contribution in [-0.4, -0.2) is 44.7 Å². The van der Waals surface area contributed by atoms with E-state index in [0.29, 0.717) is 12.6 Å². The van der Waals surface area contributed by atoms with Gasteiger partial charge in [0.1, 0.15) is 0 Å². The van der Waals surface area contributed by atoms with E-state index in [-0.39, 0.29) is 6.03 Å². The van der Waals surface area contributed by atoms with Crippen molar-refractivity contribution in [3.05, 3.63) is 29.8 Å². The predicted octanol–water partition coefficient (Wildman–Crippen LogP) is 1.25. The second kappa shape index (κ2) is 5.37. The third-order valence-corrected chi connectivity index (χ3v) is 3.30. The van der Waals surface area contributed by atoms with Crippen molar-refractivity contribution in [3.63, 3.8) is 0 Å². The van der Waals surface area contributed by atoms with Crippen LogP contribution in [0.1, 0.15) is 5.56 Å². The molecule has 0 aromatic heterocycles. The highest BCUT2D eigenvalue weighted by Gasteiger charge is 2.29. The number of urea groups is 1. The van der Waals surface area contributed by atoms with Crippen LogP contribution >= 0.6 is 0 Å². The molecule has 1 atom stereocenters. The van der Waals surface area contributed by atoms with Crippen LogP contribution in [0.4, 0.5) is 10.5 Å². The van der Waals surface area contributed by atoms with Gasteiger partial charge >= 0.3 is 6.03 Å². The minimum Gasteiger partial charge on any atom is -0.304 e. The zero-order valence-electron chi connectivity index (χ0n) is 11.0. The lowest BCUT2D eigenvalue weighted by atomic mass is 9.97. The van der Waals surface area contributed by atoms with Gasteiger partial charge in [-0.2, -0.15) is 0 Å². The second-order valence-corrected chi connectivity index (χ2v) is 4.67. The number of para-hydroxylation sites is 1. The first-order chi connectivity index (χ1) is 8.63. The first kappa shape index (κ1) is 12.9. The van der Waals surface area contributed by atoms with Gasteiger partial charge in [0.2, 0.25) is 0 Å². The van der Waals surface area contributed by atoms with Gasteiger partial charge in [-0.3, -0.25) is 9.74 Å². The average Bonchev–Trinajstić information content (AvgIpc) is 2.37. The van der Waals surface area contributed by atoms with E-state index in [1.165, 1.54) is 12.7 Å². The molecule has 0 aliphatic carbocycles. The topological polar surface area (TPSA) is 44.8 Å². The molecule has 98 valence electrons. The van der Waals surface area contributed by atoms with Gasteiger partial charge in [-0.25, -0.2) is 10.3 Å². The molecule has 1 heterocycles. The summed E-state index contributed by atoms with van der Waals surface area (Å²) >= 11 is 0. The molecule has 0 fully saturated rings. The van der Waals surface area contributed by atoms with Gasteiger partial charge in [0.15, 0.2) is 0 Å². The van der Waals surface area contributed by atoms with Crippen molar-refractivity contribution in [1.29, 1.82) is 0 Å². The summed E-state index contributed by atoms with van der Waals surface area (Å²) in [6.45, 7) is 0.666. The van der Waals surface area contributed by atoms with Gasteiger partial charge in [-0.05, 0) is 32.1 Å². The first-order valence-electron chi connectivity index (χ1n) is 5.98. The Morgan fingerprint density at radius 2 is 2.17 bits per heavy atom. The molecule has 5 heteroatoms. The predicted molar refractivity (Wildman–Crippen MR) is 70.5 cm³/mol. The molecule has 1 N–H and O–H groups in total. The number of fused-ring (bicyclic) bond motifs is 1. The lowest BCUT2D eigenvalue weighted by Gasteiger charge is -2.37. The Morgan fingerprint density at radius 3 is 2.83 bits per heavy atom. The SMILES string of the molecule is CONC(=O)N1C[C@H](N(C)C)Cc2ccccc21. The van der Waals surface area contributed by atoms with Crippen LogP contribution in [0.15, 0.2) is 24.3 Å². The molecule has 1 aliphatic rings. The normalized spacial score (nSPS) is 18.7. The van der Waals surface area contributed by atoms with Crippen LogP contribution in [0.3, 0.4) is 0 Å². The fourth-order valence-electron chi connectivity index (χ4n) is 2.25. The van der Waals surface area contributed by atoms with Crippen molar-refractivity contribution in [2.24, 2.45) is 0 Å². The van der Waals surface area contributed by atoms with Crippen molar-refractivity contribution < 1.29 is 9.63 Å². The molecule has 2 amide bonds. The van der Waals surface area contributed by atoms with Crippen LogP contribution in [0, 0.1) is 0 Å². The van der Waals surface area contributed by atoms with Gasteiger partial charge in [0, 0.05) is 18.3 Å². The smallest absolute Gasteiger partial charge is 0.304 e. The molecule has 0 saturated heterocycles. The molecular formula is C13H19N3O2. The highest BCUT2D eigenvalue weighted by molar-refractivity contribution is 5.92. The van der Waals surface area contributed by atoms with E-state index in [1.807, 2.05) is 32.3 Å². The highest BCUT2D eigenvalue weighted by Crippen LogP contribution is 2.28. The Labute approximate surface area is 107 Å². The van der Waals surface area contributed by atoms with Gasteiger partial charge < -0.3 is 4.90 Å². The number of amides is 2. The lowest BCUT2D eigenvalue weighted by molar-refractivity contribution is 0.110. The summed E-state index contributed by atoms with van der Waals surface area (Å²) in [5.74, 6) is 0. The molecule has 2 rings (SSSR count). The number of nitrogens with zero attached hydrogens (tertiary/aromatic N) is 2. The molecule has 1 aromatic carbocycles. The Bertz CT molecular complexity index is 434. The zero-order valence-corrected chi connectivity index (χ0v) is 11.0. The van der Waals surface area contributed by atoms with Crippen LogP contribution in [-0.2, 0) is 11.3 Å². The van der Waals surface area contributed by atoms with Crippen molar-refractivity contribution in [2.75, 3.05) is 32.6 Å². The van der Waals surface area contributed by atoms with Crippen LogP contribution in [0.25, 0.3) is 0 Å². The largest absolute Gasteiger partial charge is 0.345 e. The zero-order chi connectivity index (χ0) is 13.1. The highest BCUT2D eigenvalue weighted by atomic mass is 16.6. The summed E-state index contributed by atoms with van der Waals surface area (Å²) in [6.07, 6.45) is 0.958. The van der Waals surface area contributed by atoms with Crippen LogP contribution in [0.2, 0.25) is 0 Å². The van der Waals surface area contributed by atoms with Crippen molar-refractivity contribution in [3.8, 4) is 0 Å². The number of anilines is 1. The number of carbonyl (C=O) groups excluding carboxylic acids is 1. The molecule has 0 unspecified atom stereocenters. The maximum absolute atomic E-state index is 12.0. The standard InChI is InChI=1S/C13H19N3O2/c1-15(2)11-8-10-6-4-5-7-12(10)16(9-11)13(17)14-18-3/h4-7,11H,8-9H2,1-3H3,(H,14,17)/t11-/m1/s1. The molecule has 1 aliphatic heterocycles. The van der Waals surface area contributed by atoms with E-state index in [1.54, 1.807) is 4.90 Å². The molecule has 0 bridgehead atoms.